The monoisotopic (exact) mass is 370 g/mol. The van der Waals surface area contributed by atoms with E-state index in [-0.39, 0.29) is 5.91 Å². The van der Waals surface area contributed by atoms with Crippen molar-refractivity contribution >= 4 is 17.5 Å². The van der Waals surface area contributed by atoms with Crippen LogP contribution < -0.4 is 19.7 Å². The van der Waals surface area contributed by atoms with Crippen LogP contribution in [-0.2, 0) is 0 Å². The zero-order valence-corrected chi connectivity index (χ0v) is 16.3. The molecule has 2 aromatic rings. The second-order valence-corrected chi connectivity index (χ2v) is 6.91. The Balaban J connectivity index is 1.80. The van der Waals surface area contributed by atoms with Gasteiger partial charge in [-0.3, -0.25) is 4.79 Å². The van der Waals surface area contributed by atoms with Crippen LogP contribution in [0.5, 0.6) is 11.5 Å². The molecule has 1 unspecified atom stereocenters. The number of carbonyl (C=O) groups excluding carboxylic acids is 1. The highest BCUT2D eigenvalue weighted by Crippen LogP contribution is 2.30. The number of hydrogen-bond acceptors (Lipinski definition) is 6. The SMILES string of the molecule is COc1ccc(NC(=O)c2cc(C)nc(N3CCCC(C)C3)n2)cc1OC. The van der Waals surface area contributed by atoms with Gasteiger partial charge in [-0.05, 0) is 43.9 Å². The van der Waals surface area contributed by atoms with Gasteiger partial charge in [-0.2, -0.15) is 0 Å². The molecular formula is C20H26N4O3. The minimum atomic E-state index is -0.279. The lowest BCUT2D eigenvalue weighted by Crippen LogP contribution is -2.36. The van der Waals surface area contributed by atoms with Crippen LogP contribution in [0, 0.1) is 12.8 Å². The number of nitrogens with zero attached hydrogens (tertiary/aromatic N) is 3. The molecule has 1 N–H and O–H groups in total. The number of amides is 1. The standard InChI is InChI=1S/C20H26N4O3/c1-13-6-5-9-24(12-13)20-21-14(2)10-16(23-20)19(25)22-15-7-8-17(26-3)18(11-15)27-4/h7-8,10-11,13H,5-6,9,12H2,1-4H3,(H,22,25). The first-order chi connectivity index (χ1) is 13.0. The van der Waals surface area contributed by atoms with Crippen LogP contribution in [0.15, 0.2) is 24.3 Å². The van der Waals surface area contributed by atoms with Gasteiger partial charge < -0.3 is 19.7 Å². The van der Waals surface area contributed by atoms with E-state index in [1.807, 2.05) is 6.92 Å². The van der Waals surface area contributed by atoms with Crippen LogP contribution in [-0.4, -0.2) is 43.2 Å². The van der Waals surface area contributed by atoms with Crippen molar-refractivity contribution in [3.63, 3.8) is 0 Å². The molecule has 0 spiro atoms. The zero-order chi connectivity index (χ0) is 19.4. The Morgan fingerprint density at radius 2 is 1.96 bits per heavy atom. The molecule has 0 aliphatic carbocycles. The van der Waals surface area contributed by atoms with Crippen molar-refractivity contribution < 1.29 is 14.3 Å². The van der Waals surface area contributed by atoms with E-state index in [2.05, 4.69) is 27.1 Å². The van der Waals surface area contributed by atoms with Crippen molar-refractivity contribution in [1.29, 1.82) is 0 Å². The highest BCUT2D eigenvalue weighted by Gasteiger charge is 2.21. The highest BCUT2D eigenvalue weighted by atomic mass is 16.5. The molecule has 1 aliphatic heterocycles. The van der Waals surface area contributed by atoms with Crippen molar-refractivity contribution in [2.24, 2.45) is 5.92 Å². The summed E-state index contributed by atoms with van der Waals surface area (Å²) in [7, 11) is 3.13. The summed E-state index contributed by atoms with van der Waals surface area (Å²) in [4.78, 5) is 23.9. The molecule has 2 heterocycles. The molecule has 1 fully saturated rings. The number of aryl methyl sites for hydroxylation is 1. The molecule has 1 atom stereocenters. The molecule has 0 bridgehead atoms. The van der Waals surface area contributed by atoms with Crippen molar-refractivity contribution in [3.8, 4) is 11.5 Å². The molecule has 1 saturated heterocycles. The number of nitrogens with one attached hydrogen (secondary N) is 1. The number of rotatable bonds is 5. The van der Waals surface area contributed by atoms with Crippen LogP contribution in [0.2, 0.25) is 0 Å². The predicted molar refractivity (Wildman–Crippen MR) is 105 cm³/mol. The number of anilines is 2. The van der Waals surface area contributed by atoms with E-state index in [0.717, 1.165) is 25.2 Å². The Bertz CT molecular complexity index is 825. The molecule has 1 aromatic carbocycles. The van der Waals surface area contributed by atoms with Gasteiger partial charge in [0.15, 0.2) is 11.5 Å². The first kappa shape index (κ1) is 18.9. The van der Waals surface area contributed by atoms with Gasteiger partial charge >= 0.3 is 0 Å². The van der Waals surface area contributed by atoms with Gasteiger partial charge in [0.25, 0.3) is 5.91 Å². The summed E-state index contributed by atoms with van der Waals surface area (Å²) in [5, 5.41) is 2.87. The third-order valence-corrected chi connectivity index (χ3v) is 4.66. The van der Waals surface area contributed by atoms with Crippen LogP contribution in [0.1, 0.15) is 35.9 Å². The number of piperidine rings is 1. The van der Waals surface area contributed by atoms with Crippen molar-refractivity contribution in [1.82, 2.24) is 9.97 Å². The van der Waals surface area contributed by atoms with Gasteiger partial charge in [0, 0.05) is 30.5 Å². The lowest BCUT2D eigenvalue weighted by Gasteiger charge is -2.31. The average Bonchev–Trinajstić information content (AvgIpc) is 2.67. The van der Waals surface area contributed by atoms with E-state index in [4.69, 9.17) is 9.47 Å². The number of carbonyl (C=O) groups is 1. The fraction of sp³-hybridized carbons (Fsp3) is 0.450. The third kappa shape index (κ3) is 4.48. The van der Waals surface area contributed by atoms with Gasteiger partial charge in [0.05, 0.1) is 14.2 Å². The van der Waals surface area contributed by atoms with Crippen LogP contribution in [0.4, 0.5) is 11.6 Å². The van der Waals surface area contributed by atoms with Gasteiger partial charge in [0.2, 0.25) is 5.95 Å². The van der Waals surface area contributed by atoms with Crippen molar-refractivity contribution in [2.75, 3.05) is 37.5 Å². The van der Waals surface area contributed by atoms with Gasteiger partial charge in [-0.25, -0.2) is 9.97 Å². The summed E-state index contributed by atoms with van der Waals surface area (Å²) in [5.41, 5.74) is 1.74. The molecule has 1 amide bonds. The van der Waals surface area contributed by atoms with Gasteiger partial charge in [-0.1, -0.05) is 6.92 Å². The minimum Gasteiger partial charge on any atom is -0.493 e. The normalized spacial score (nSPS) is 16.7. The molecular weight excluding hydrogens is 344 g/mol. The topological polar surface area (TPSA) is 76.6 Å². The number of aromatic nitrogens is 2. The Morgan fingerprint density at radius 3 is 2.67 bits per heavy atom. The lowest BCUT2D eigenvalue weighted by atomic mass is 10.0. The predicted octanol–water partition coefficient (Wildman–Crippen LogP) is 3.29. The molecule has 3 rings (SSSR count). The lowest BCUT2D eigenvalue weighted by molar-refractivity contribution is 0.102. The molecule has 27 heavy (non-hydrogen) atoms. The van der Waals surface area contributed by atoms with Gasteiger partial charge in [-0.15, -0.1) is 0 Å². The largest absolute Gasteiger partial charge is 0.493 e. The fourth-order valence-corrected chi connectivity index (χ4v) is 3.29. The fourth-order valence-electron chi connectivity index (χ4n) is 3.29. The number of ether oxygens (including phenoxy) is 2. The molecule has 0 radical (unpaired) electrons. The first-order valence-electron chi connectivity index (χ1n) is 9.14. The first-order valence-corrected chi connectivity index (χ1v) is 9.14. The maximum absolute atomic E-state index is 12.7. The Labute approximate surface area is 159 Å². The summed E-state index contributed by atoms with van der Waals surface area (Å²) in [6.07, 6.45) is 2.33. The van der Waals surface area contributed by atoms with E-state index in [0.29, 0.717) is 34.7 Å². The summed E-state index contributed by atoms with van der Waals surface area (Å²) < 4.78 is 10.5. The zero-order valence-electron chi connectivity index (χ0n) is 16.3. The van der Waals surface area contributed by atoms with Crippen LogP contribution in [0.3, 0.4) is 0 Å². The maximum atomic E-state index is 12.7. The molecule has 1 aliphatic rings. The molecule has 7 nitrogen and oxygen atoms in total. The van der Waals surface area contributed by atoms with Gasteiger partial charge in [0.1, 0.15) is 5.69 Å². The van der Waals surface area contributed by atoms with E-state index in [1.54, 1.807) is 38.5 Å². The summed E-state index contributed by atoms with van der Waals surface area (Å²) in [6.45, 7) is 5.95. The molecule has 0 saturated carbocycles. The summed E-state index contributed by atoms with van der Waals surface area (Å²) >= 11 is 0. The minimum absolute atomic E-state index is 0.279. The van der Waals surface area contributed by atoms with Crippen LogP contribution >= 0.6 is 0 Å². The number of methoxy groups -OCH3 is 2. The number of hydrogen-bond donors (Lipinski definition) is 1. The number of benzene rings is 1. The Kier molecular flexibility index (Phi) is 5.78. The molecule has 7 heteroatoms. The van der Waals surface area contributed by atoms with E-state index < -0.39 is 0 Å². The van der Waals surface area contributed by atoms with E-state index in [1.165, 1.54) is 6.42 Å². The quantitative estimate of drug-likeness (QED) is 0.870. The Hall–Kier alpha value is -2.83. The van der Waals surface area contributed by atoms with Crippen molar-refractivity contribution in [2.45, 2.75) is 26.7 Å². The second kappa shape index (κ2) is 8.24. The Morgan fingerprint density at radius 1 is 1.19 bits per heavy atom. The second-order valence-electron chi connectivity index (χ2n) is 6.91. The molecule has 1 aromatic heterocycles. The third-order valence-electron chi connectivity index (χ3n) is 4.66. The highest BCUT2D eigenvalue weighted by molar-refractivity contribution is 6.03. The smallest absolute Gasteiger partial charge is 0.274 e. The maximum Gasteiger partial charge on any atom is 0.274 e. The average molecular weight is 370 g/mol. The molecule has 144 valence electrons. The van der Waals surface area contributed by atoms with Crippen LogP contribution in [0.25, 0.3) is 0 Å². The summed E-state index contributed by atoms with van der Waals surface area (Å²) in [6, 6.07) is 6.94. The van der Waals surface area contributed by atoms with E-state index in [9.17, 15) is 4.79 Å². The van der Waals surface area contributed by atoms with Crippen molar-refractivity contribution in [3.05, 3.63) is 35.7 Å². The summed E-state index contributed by atoms with van der Waals surface area (Å²) in [5.74, 6) is 2.11. The van der Waals surface area contributed by atoms with E-state index >= 15 is 0 Å².